The van der Waals surface area contributed by atoms with Gasteiger partial charge in [-0.2, -0.15) is 9.57 Å². The van der Waals surface area contributed by atoms with Gasteiger partial charge in [0.2, 0.25) is 18.0 Å². The third kappa shape index (κ3) is 2.47. The third-order valence-electron chi connectivity index (χ3n) is 5.18. The van der Waals surface area contributed by atoms with E-state index in [0.29, 0.717) is 18.2 Å². The lowest BCUT2D eigenvalue weighted by Gasteiger charge is -2.30. The van der Waals surface area contributed by atoms with E-state index in [9.17, 15) is 4.79 Å². The zero-order chi connectivity index (χ0) is 17.7. The highest BCUT2D eigenvalue weighted by atomic mass is 16.2. The molecule has 0 bridgehead atoms. The van der Waals surface area contributed by atoms with Gasteiger partial charge in [0.05, 0.1) is 12.6 Å². The summed E-state index contributed by atoms with van der Waals surface area (Å²) in [6, 6.07) is 10.4. The van der Waals surface area contributed by atoms with E-state index in [-0.39, 0.29) is 18.1 Å². The molecule has 130 valence electrons. The Bertz CT molecular complexity index is 808. The summed E-state index contributed by atoms with van der Waals surface area (Å²) in [4.78, 5) is 26.4. The van der Waals surface area contributed by atoms with Crippen molar-refractivity contribution in [1.29, 1.82) is 0 Å². The minimum atomic E-state index is -0.0555. The van der Waals surface area contributed by atoms with Crippen molar-refractivity contribution in [3.8, 4) is 0 Å². The van der Waals surface area contributed by atoms with Crippen LogP contribution in [0.4, 0.5) is 0 Å². The molecule has 6 heteroatoms. The Balaban J connectivity index is 1.74. The van der Waals surface area contributed by atoms with Gasteiger partial charge in [-0.25, -0.2) is 4.99 Å². The fraction of sp³-hybridized carbons (Fsp3) is 0.474. The van der Waals surface area contributed by atoms with E-state index in [1.54, 1.807) is 4.90 Å². The molecule has 3 aliphatic heterocycles. The fourth-order valence-electron chi connectivity index (χ4n) is 3.62. The number of benzene rings is 1. The molecule has 0 aliphatic carbocycles. The molecule has 0 saturated carbocycles. The lowest BCUT2D eigenvalue weighted by Crippen LogP contribution is -2.59. The van der Waals surface area contributed by atoms with Crippen molar-refractivity contribution in [2.45, 2.75) is 39.5 Å². The Morgan fingerprint density at radius 2 is 1.96 bits per heavy atom. The number of hydrogen-bond donors (Lipinski definition) is 0. The molecule has 0 N–H and O–H groups in total. The first-order chi connectivity index (χ1) is 12.0. The smallest absolute Gasteiger partial charge is 0.289 e. The van der Waals surface area contributed by atoms with E-state index in [1.807, 2.05) is 32.2 Å². The summed E-state index contributed by atoms with van der Waals surface area (Å²) in [6.45, 7) is 7.85. The minimum Gasteiger partial charge on any atom is -0.289 e. The molecule has 1 aromatic carbocycles. The van der Waals surface area contributed by atoms with Crippen LogP contribution in [0.2, 0.25) is 0 Å². The average molecular weight is 338 g/mol. The summed E-state index contributed by atoms with van der Waals surface area (Å²) in [5, 5.41) is 0. The van der Waals surface area contributed by atoms with E-state index in [1.165, 1.54) is 5.56 Å². The van der Waals surface area contributed by atoms with Crippen LogP contribution in [0, 0.1) is 5.92 Å². The van der Waals surface area contributed by atoms with Crippen molar-refractivity contribution in [2.24, 2.45) is 15.9 Å². The number of hydrogen-bond acceptors (Lipinski definition) is 4. The van der Waals surface area contributed by atoms with Crippen molar-refractivity contribution < 1.29 is 9.37 Å². The molecule has 2 atom stereocenters. The molecule has 3 aliphatic rings. The summed E-state index contributed by atoms with van der Waals surface area (Å²) in [5.41, 5.74) is 1.87. The number of carbonyl (C=O) groups excluding carboxylic acids is 1. The van der Waals surface area contributed by atoms with E-state index in [2.05, 4.69) is 35.5 Å². The molecule has 0 spiro atoms. The first-order valence-corrected chi connectivity index (χ1v) is 8.86. The maximum Gasteiger partial charge on any atom is 0.328 e. The average Bonchev–Trinajstić information content (AvgIpc) is 3.17. The number of fused-ring (bicyclic) bond motifs is 3. The van der Waals surface area contributed by atoms with Gasteiger partial charge in [-0.05, 0) is 5.92 Å². The zero-order valence-corrected chi connectivity index (χ0v) is 15.2. The summed E-state index contributed by atoms with van der Waals surface area (Å²) >= 11 is 0. The molecule has 1 unspecified atom stereocenters. The Labute approximate surface area is 148 Å². The molecule has 25 heavy (non-hydrogen) atoms. The van der Waals surface area contributed by atoms with Crippen LogP contribution in [-0.2, 0) is 11.3 Å². The van der Waals surface area contributed by atoms with E-state index < -0.39 is 0 Å². The van der Waals surface area contributed by atoms with Crippen LogP contribution in [0.25, 0.3) is 0 Å². The van der Waals surface area contributed by atoms with Gasteiger partial charge < -0.3 is 0 Å². The van der Waals surface area contributed by atoms with Crippen molar-refractivity contribution in [1.82, 2.24) is 9.80 Å². The normalized spacial score (nSPS) is 25.4. The van der Waals surface area contributed by atoms with Crippen LogP contribution in [0.15, 0.2) is 40.3 Å². The van der Waals surface area contributed by atoms with Crippen molar-refractivity contribution >= 4 is 23.4 Å². The van der Waals surface area contributed by atoms with Crippen LogP contribution >= 0.6 is 0 Å². The Hall–Kier alpha value is -2.50. The predicted molar refractivity (Wildman–Crippen MR) is 97.8 cm³/mol. The fourth-order valence-corrected chi connectivity index (χ4v) is 3.62. The predicted octanol–water partition coefficient (Wildman–Crippen LogP) is 1.57. The third-order valence-corrected chi connectivity index (χ3v) is 5.18. The lowest BCUT2D eigenvalue weighted by molar-refractivity contribution is -0.570. The number of guanidine groups is 1. The maximum absolute atomic E-state index is 13.0. The van der Waals surface area contributed by atoms with Crippen molar-refractivity contribution in [3.63, 3.8) is 0 Å². The van der Waals surface area contributed by atoms with Gasteiger partial charge in [-0.3, -0.25) is 14.6 Å². The van der Waals surface area contributed by atoms with Crippen molar-refractivity contribution in [3.05, 3.63) is 35.9 Å². The molecule has 1 amide bonds. The monoisotopic (exact) mass is 338 g/mol. The van der Waals surface area contributed by atoms with Gasteiger partial charge in [0, 0.05) is 19.5 Å². The van der Waals surface area contributed by atoms with E-state index >= 15 is 0 Å². The van der Waals surface area contributed by atoms with Crippen LogP contribution < -0.4 is 0 Å². The first kappa shape index (κ1) is 16.0. The lowest BCUT2D eigenvalue weighted by atomic mass is 10.1. The number of amides is 1. The molecule has 0 aromatic heterocycles. The SMILES string of the molecule is CC(C)[C@@H]1CN2C3=NC(C)[N+](Cc4ccccc4)=C3C(=O)N(C)C2=N1. The van der Waals surface area contributed by atoms with E-state index in [0.717, 1.165) is 18.3 Å². The molecule has 1 fully saturated rings. The summed E-state index contributed by atoms with van der Waals surface area (Å²) in [6.07, 6.45) is -0.0555. The Morgan fingerprint density at radius 1 is 1.24 bits per heavy atom. The zero-order valence-electron chi connectivity index (χ0n) is 15.2. The van der Waals surface area contributed by atoms with Gasteiger partial charge in [-0.1, -0.05) is 44.2 Å². The standard InChI is InChI=1S/C19H24N5O/c1-12(2)15-11-24-17-16(18(25)22(4)19(24)21-15)23(13(3)20-17)10-14-8-6-5-7-9-14/h5-9,12-13,15H,10-11H2,1-4H3/q+1/t13?,15-/m0/s1. The van der Waals surface area contributed by atoms with Gasteiger partial charge in [0.25, 0.3) is 0 Å². The van der Waals surface area contributed by atoms with Crippen LogP contribution in [0.5, 0.6) is 0 Å². The molecular weight excluding hydrogens is 314 g/mol. The highest BCUT2D eigenvalue weighted by molar-refractivity contribution is 6.68. The van der Waals surface area contributed by atoms with Gasteiger partial charge in [0.15, 0.2) is 6.54 Å². The second-order valence-electron chi connectivity index (χ2n) is 7.26. The van der Waals surface area contributed by atoms with Crippen LogP contribution in [0.1, 0.15) is 26.3 Å². The van der Waals surface area contributed by atoms with Gasteiger partial charge in [-0.15, -0.1) is 0 Å². The Morgan fingerprint density at radius 3 is 2.64 bits per heavy atom. The second kappa shape index (κ2) is 5.79. The largest absolute Gasteiger partial charge is 0.328 e. The molecular formula is C19H24N5O+. The quantitative estimate of drug-likeness (QED) is 0.786. The second-order valence-corrected chi connectivity index (χ2v) is 7.26. The number of amidine groups is 1. The number of rotatable bonds is 3. The van der Waals surface area contributed by atoms with Crippen LogP contribution in [0.3, 0.4) is 0 Å². The molecule has 0 radical (unpaired) electrons. The van der Waals surface area contributed by atoms with Crippen molar-refractivity contribution in [2.75, 3.05) is 13.6 Å². The molecule has 1 aromatic rings. The minimum absolute atomic E-state index is 0.0153. The molecule has 3 heterocycles. The summed E-state index contributed by atoms with van der Waals surface area (Å²) in [5.74, 6) is 1.94. The number of aliphatic imine (C=N–C) groups is 2. The van der Waals surface area contributed by atoms with Crippen LogP contribution in [-0.4, -0.2) is 63.6 Å². The molecule has 4 rings (SSSR count). The summed E-state index contributed by atoms with van der Waals surface area (Å²) < 4.78 is 2.10. The van der Waals surface area contributed by atoms with Gasteiger partial charge in [0.1, 0.15) is 0 Å². The van der Waals surface area contributed by atoms with E-state index in [4.69, 9.17) is 9.98 Å². The molecule has 1 saturated heterocycles. The highest BCUT2D eigenvalue weighted by Crippen LogP contribution is 2.25. The van der Waals surface area contributed by atoms with Gasteiger partial charge >= 0.3 is 11.6 Å². The number of nitrogens with zero attached hydrogens (tertiary/aromatic N) is 5. The topological polar surface area (TPSA) is 51.3 Å². The highest BCUT2D eigenvalue weighted by Gasteiger charge is 2.51. The summed E-state index contributed by atoms with van der Waals surface area (Å²) in [7, 11) is 1.81. The first-order valence-electron chi connectivity index (χ1n) is 8.86. The maximum atomic E-state index is 13.0. The molecule has 6 nitrogen and oxygen atoms in total. The Kier molecular flexibility index (Phi) is 3.71. The number of carbonyl (C=O) groups is 1.